The lowest BCUT2D eigenvalue weighted by Crippen LogP contribution is -2.05. The molecule has 3 nitrogen and oxygen atoms in total. The molecule has 0 fully saturated rings. The van der Waals surface area contributed by atoms with E-state index in [4.69, 9.17) is 0 Å². The first-order chi connectivity index (χ1) is 5.83. The Balaban J connectivity index is 2.53. The maximum Gasteiger partial charge on any atom is 0.151 e. The van der Waals surface area contributed by atoms with Crippen LogP contribution in [0.1, 0.15) is 34.5 Å². The van der Waals surface area contributed by atoms with Crippen LogP contribution in [-0.2, 0) is 12.8 Å². The van der Waals surface area contributed by atoms with Gasteiger partial charge in [-0.05, 0) is 31.2 Å². The van der Waals surface area contributed by atoms with Gasteiger partial charge in [-0.25, -0.2) is 0 Å². The number of carbonyl (C=O) groups excluding carboxylic acids is 1. The van der Waals surface area contributed by atoms with E-state index < -0.39 is 0 Å². The average Bonchev–Trinajstić information content (AvgIpc) is 2.44. The van der Waals surface area contributed by atoms with E-state index in [1.807, 2.05) is 0 Å². The molecule has 0 spiro atoms. The highest BCUT2D eigenvalue weighted by Gasteiger charge is 2.17. The number of rotatable bonds is 1. The molecule has 1 heterocycles. The normalized spacial score (nSPS) is 15.7. The Morgan fingerprint density at radius 2 is 2.17 bits per heavy atom. The summed E-state index contributed by atoms with van der Waals surface area (Å²) in [4.78, 5) is 10.6. The van der Waals surface area contributed by atoms with Crippen molar-refractivity contribution in [1.82, 2.24) is 4.73 Å². The maximum atomic E-state index is 10.6. The number of carbonyl (C=O) groups is 1. The minimum Gasteiger partial charge on any atom is -0.429 e. The van der Waals surface area contributed by atoms with Crippen molar-refractivity contribution in [3.63, 3.8) is 0 Å². The number of aromatic nitrogens is 1. The lowest BCUT2D eigenvalue weighted by molar-refractivity contribution is 0.112. The standard InChI is InChI=1S/C9H11NO2/c11-6-7-5-10(12)9-4-2-1-3-8(7)9/h5-6,12H,1-4H2. The van der Waals surface area contributed by atoms with Gasteiger partial charge in [0, 0.05) is 5.56 Å². The van der Waals surface area contributed by atoms with E-state index in [1.165, 1.54) is 6.20 Å². The highest BCUT2D eigenvalue weighted by Crippen LogP contribution is 2.24. The first-order valence-corrected chi connectivity index (χ1v) is 4.20. The SMILES string of the molecule is O=Cc1cn(O)c2c1CCCC2. The third-order valence-corrected chi connectivity index (χ3v) is 2.45. The van der Waals surface area contributed by atoms with Gasteiger partial charge in [0.25, 0.3) is 0 Å². The molecule has 0 atom stereocenters. The molecule has 1 aliphatic rings. The molecule has 0 bridgehead atoms. The predicted octanol–water partition coefficient (Wildman–Crippen LogP) is 1.42. The summed E-state index contributed by atoms with van der Waals surface area (Å²) in [5, 5.41) is 9.37. The van der Waals surface area contributed by atoms with Gasteiger partial charge in [0.1, 0.15) is 0 Å². The highest BCUT2D eigenvalue weighted by molar-refractivity contribution is 5.77. The highest BCUT2D eigenvalue weighted by atomic mass is 16.5. The van der Waals surface area contributed by atoms with Crippen LogP contribution in [0.25, 0.3) is 0 Å². The Hall–Kier alpha value is -1.25. The Morgan fingerprint density at radius 3 is 2.92 bits per heavy atom. The average molecular weight is 165 g/mol. The third kappa shape index (κ3) is 0.932. The van der Waals surface area contributed by atoms with Crippen LogP contribution in [0.4, 0.5) is 0 Å². The number of hydrogen-bond acceptors (Lipinski definition) is 2. The van der Waals surface area contributed by atoms with E-state index in [9.17, 15) is 10.0 Å². The summed E-state index contributed by atoms with van der Waals surface area (Å²) in [6.45, 7) is 0. The van der Waals surface area contributed by atoms with Gasteiger partial charge >= 0.3 is 0 Å². The molecule has 12 heavy (non-hydrogen) atoms. The third-order valence-electron chi connectivity index (χ3n) is 2.45. The molecule has 0 amide bonds. The summed E-state index contributed by atoms with van der Waals surface area (Å²) in [5.41, 5.74) is 2.61. The van der Waals surface area contributed by atoms with E-state index in [2.05, 4.69) is 0 Å². The summed E-state index contributed by atoms with van der Waals surface area (Å²) in [7, 11) is 0. The van der Waals surface area contributed by atoms with Crippen LogP contribution in [0, 0.1) is 0 Å². The topological polar surface area (TPSA) is 42.2 Å². The van der Waals surface area contributed by atoms with Crippen molar-refractivity contribution in [2.75, 3.05) is 0 Å². The van der Waals surface area contributed by atoms with Crippen molar-refractivity contribution in [2.24, 2.45) is 0 Å². The van der Waals surface area contributed by atoms with E-state index in [0.29, 0.717) is 5.56 Å². The first-order valence-electron chi connectivity index (χ1n) is 4.20. The zero-order valence-electron chi connectivity index (χ0n) is 6.79. The largest absolute Gasteiger partial charge is 0.429 e. The number of hydrogen-bond donors (Lipinski definition) is 1. The number of fused-ring (bicyclic) bond motifs is 1. The van der Waals surface area contributed by atoms with Crippen LogP contribution in [0.5, 0.6) is 0 Å². The summed E-state index contributed by atoms with van der Waals surface area (Å²) in [5.74, 6) is 0. The summed E-state index contributed by atoms with van der Waals surface area (Å²) >= 11 is 0. The molecule has 0 unspecified atom stereocenters. The van der Waals surface area contributed by atoms with Gasteiger partial charge in [-0.1, -0.05) is 0 Å². The molecule has 0 aromatic carbocycles. The van der Waals surface area contributed by atoms with Crippen molar-refractivity contribution < 1.29 is 10.0 Å². The van der Waals surface area contributed by atoms with Gasteiger partial charge in [-0.3, -0.25) is 4.79 Å². The number of aldehydes is 1. The van der Waals surface area contributed by atoms with Crippen molar-refractivity contribution in [1.29, 1.82) is 0 Å². The van der Waals surface area contributed by atoms with Gasteiger partial charge in [0.05, 0.1) is 11.9 Å². The van der Waals surface area contributed by atoms with Crippen LogP contribution in [0.3, 0.4) is 0 Å². The lowest BCUT2D eigenvalue weighted by Gasteiger charge is -2.11. The summed E-state index contributed by atoms with van der Waals surface area (Å²) in [6, 6.07) is 0. The molecule has 0 radical (unpaired) electrons. The van der Waals surface area contributed by atoms with E-state index in [1.54, 1.807) is 0 Å². The van der Waals surface area contributed by atoms with Gasteiger partial charge < -0.3 is 5.21 Å². The van der Waals surface area contributed by atoms with Crippen LogP contribution < -0.4 is 0 Å². The van der Waals surface area contributed by atoms with Crippen molar-refractivity contribution in [3.8, 4) is 0 Å². The Bertz CT molecular complexity index is 315. The first kappa shape index (κ1) is 7.40. The van der Waals surface area contributed by atoms with Gasteiger partial charge in [0.15, 0.2) is 6.29 Å². The molecular weight excluding hydrogens is 154 g/mol. The van der Waals surface area contributed by atoms with Crippen molar-refractivity contribution in [2.45, 2.75) is 25.7 Å². The van der Waals surface area contributed by atoms with E-state index in [-0.39, 0.29) is 0 Å². The summed E-state index contributed by atoms with van der Waals surface area (Å²) < 4.78 is 1.10. The minimum atomic E-state index is 0.646. The molecule has 0 aliphatic heterocycles. The fourth-order valence-corrected chi connectivity index (χ4v) is 1.84. The van der Waals surface area contributed by atoms with Gasteiger partial charge in [0.2, 0.25) is 0 Å². The molecule has 1 aliphatic carbocycles. The smallest absolute Gasteiger partial charge is 0.151 e. The molecule has 0 saturated heterocycles. The Morgan fingerprint density at radius 1 is 1.42 bits per heavy atom. The molecular formula is C9H11NO2. The van der Waals surface area contributed by atoms with Crippen LogP contribution in [0.15, 0.2) is 6.20 Å². The predicted molar refractivity (Wildman–Crippen MR) is 43.6 cm³/mol. The van der Waals surface area contributed by atoms with Crippen LogP contribution >= 0.6 is 0 Å². The van der Waals surface area contributed by atoms with Gasteiger partial charge in [-0.2, -0.15) is 4.73 Å². The fraction of sp³-hybridized carbons (Fsp3) is 0.444. The maximum absolute atomic E-state index is 10.6. The van der Waals surface area contributed by atoms with Crippen LogP contribution in [-0.4, -0.2) is 16.2 Å². The fourth-order valence-electron chi connectivity index (χ4n) is 1.84. The molecule has 64 valence electrons. The quantitative estimate of drug-likeness (QED) is 0.505. The molecule has 1 N–H and O–H groups in total. The minimum absolute atomic E-state index is 0.646. The lowest BCUT2D eigenvalue weighted by atomic mass is 9.95. The zero-order valence-corrected chi connectivity index (χ0v) is 6.79. The molecule has 1 aromatic rings. The second kappa shape index (κ2) is 2.66. The van der Waals surface area contributed by atoms with E-state index >= 15 is 0 Å². The van der Waals surface area contributed by atoms with Crippen LogP contribution in [0.2, 0.25) is 0 Å². The zero-order chi connectivity index (χ0) is 8.55. The molecule has 2 rings (SSSR count). The van der Waals surface area contributed by atoms with Crippen molar-refractivity contribution in [3.05, 3.63) is 23.0 Å². The number of nitrogens with zero attached hydrogens (tertiary/aromatic N) is 1. The second-order valence-electron chi connectivity index (χ2n) is 3.18. The monoisotopic (exact) mass is 165 g/mol. The molecule has 3 heteroatoms. The Kier molecular flexibility index (Phi) is 1.64. The van der Waals surface area contributed by atoms with E-state index in [0.717, 1.165) is 48.0 Å². The summed E-state index contributed by atoms with van der Waals surface area (Å²) in [6.07, 6.45) is 6.37. The van der Waals surface area contributed by atoms with Crippen molar-refractivity contribution >= 4 is 6.29 Å². The molecule has 1 aromatic heterocycles. The van der Waals surface area contributed by atoms with Gasteiger partial charge in [-0.15, -0.1) is 0 Å². The second-order valence-corrected chi connectivity index (χ2v) is 3.18. The Labute approximate surface area is 70.6 Å². The molecule has 0 saturated carbocycles.